The van der Waals surface area contributed by atoms with Gasteiger partial charge in [-0.15, -0.1) is 0 Å². The van der Waals surface area contributed by atoms with Crippen molar-refractivity contribution in [2.24, 2.45) is 0 Å². The molecule has 2 aliphatic heterocycles. The lowest BCUT2D eigenvalue weighted by molar-refractivity contribution is -0.327. The van der Waals surface area contributed by atoms with Gasteiger partial charge >= 0.3 is 5.97 Å². The van der Waals surface area contributed by atoms with Gasteiger partial charge in [0.25, 0.3) is 0 Å². The van der Waals surface area contributed by atoms with Gasteiger partial charge in [0.15, 0.2) is 6.29 Å². The highest BCUT2D eigenvalue weighted by Gasteiger charge is 2.48. The number of rotatable bonds is 7. The van der Waals surface area contributed by atoms with Crippen molar-refractivity contribution < 1.29 is 59.5 Å². The second-order valence-electron chi connectivity index (χ2n) is 8.11. The summed E-state index contributed by atoms with van der Waals surface area (Å²) in [5, 5.41) is 69.6. The van der Waals surface area contributed by atoms with Crippen molar-refractivity contribution in [2.45, 2.75) is 74.3 Å². The van der Waals surface area contributed by atoms with E-state index in [0.717, 1.165) is 0 Å². The fourth-order valence-electron chi connectivity index (χ4n) is 3.64. The molecule has 0 amide bonds. The summed E-state index contributed by atoms with van der Waals surface area (Å²) in [7, 11) is 0. The van der Waals surface area contributed by atoms with Crippen LogP contribution >= 0.6 is 0 Å². The summed E-state index contributed by atoms with van der Waals surface area (Å²) in [5.74, 6) is -1.43. The van der Waals surface area contributed by atoms with Crippen LogP contribution in [0.5, 0.6) is 0 Å². The van der Waals surface area contributed by atoms with E-state index in [4.69, 9.17) is 18.9 Å². The molecule has 11 atom stereocenters. The Morgan fingerprint density at radius 3 is 2.00 bits per heavy atom. The summed E-state index contributed by atoms with van der Waals surface area (Å²) < 4.78 is 21.2. The van der Waals surface area contributed by atoms with Gasteiger partial charge in [-0.25, -0.2) is 0 Å². The molecule has 33 heavy (non-hydrogen) atoms. The van der Waals surface area contributed by atoms with Gasteiger partial charge < -0.3 is 54.7 Å². The molecule has 12 nitrogen and oxygen atoms in total. The van der Waals surface area contributed by atoms with E-state index in [1.807, 2.05) is 0 Å². The standard InChI is InChI=1S/C21H30O12/c1-9(10-5-3-2-4-6-10)19(29)33-21-18(28)16(26)14(24)12(32-21)8-30-20-17(27)15(25)13(23)11(7-22)31-20/h2-6,9,11-18,20-28H,7-8H2,1H3/t9-,11+,12+,13+,14+,15-,16-,17+,18+,20+,21-/m0/s1. The highest BCUT2D eigenvalue weighted by molar-refractivity contribution is 5.77. The van der Waals surface area contributed by atoms with Crippen LogP contribution < -0.4 is 0 Å². The predicted molar refractivity (Wildman–Crippen MR) is 107 cm³/mol. The lowest BCUT2D eigenvalue weighted by Crippen LogP contribution is -2.62. The van der Waals surface area contributed by atoms with Crippen LogP contribution in [0.1, 0.15) is 18.4 Å². The molecule has 1 aromatic carbocycles. The first-order valence-corrected chi connectivity index (χ1v) is 10.5. The molecule has 0 aliphatic carbocycles. The Morgan fingerprint density at radius 2 is 1.39 bits per heavy atom. The molecule has 186 valence electrons. The summed E-state index contributed by atoms with van der Waals surface area (Å²) >= 11 is 0. The summed E-state index contributed by atoms with van der Waals surface area (Å²) in [6.45, 7) is 0.420. The van der Waals surface area contributed by atoms with Crippen LogP contribution in [0, 0.1) is 0 Å². The summed E-state index contributed by atoms with van der Waals surface area (Å²) in [4.78, 5) is 12.5. The highest BCUT2D eigenvalue weighted by Crippen LogP contribution is 2.27. The molecule has 0 radical (unpaired) electrons. The van der Waals surface area contributed by atoms with Gasteiger partial charge in [0, 0.05) is 0 Å². The number of aliphatic hydroxyl groups excluding tert-OH is 7. The summed E-state index contributed by atoms with van der Waals surface area (Å²) in [5.41, 5.74) is 0.663. The molecule has 2 heterocycles. The van der Waals surface area contributed by atoms with Crippen LogP contribution in [0.15, 0.2) is 30.3 Å². The Hall–Kier alpha value is -1.71. The molecule has 12 heteroatoms. The molecule has 1 aromatic rings. The van der Waals surface area contributed by atoms with Crippen molar-refractivity contribution in [1.29, 1.82) is 0 Å². The smallest absolute Gasteiger partial charge is 0.315 e. The van der Waals surface area contributed by atoms with E-state index in [-0.39, 0.29) is 0 Å². The van der Waals surface area contributed by atoms with Gasteiger partial charge in [0.2, 0.25) is 6.29 Å². The molecule has 7 N–H and O–H groups in total. The first kappa shape index (κ1) is 25.9. The first-order chi connectivity index (χ1) is 15.6. The third-order valence-corrected chi connectivity index (χ3v) is 5.83. The molecular formula is C21H30O12. The Kier molecular flexibility index (Phi) is 8.75. The molecule has 0 bridgehead atoms. The molecular weight excluding hydrogens is 444 g/mol. The number of carbonyl (C=O) groups excluding carboxylic acids is 1. The first-order valence-electron chi connectivity index (χ1n) is 10.5. The van der Waals surface area contributed by atoms with Crippen LogP contribution in [0.4, 0.5) is 0 Å². The quantitative estimate of drug-likeness (QED) is 0.198. The number of carbonyl (C=O) groups is 1. The molecule has 2 aliphatic rings. The number of hydrogen-bond acceptors (Lipinski definition) is 12. The van der Waals surface area contributed by atoms with Crippen molar-refractivity contribution in [2.75, 3.05) is 13.2 Å². The van der Waals surface area contributed by atoms with Crippen LogP contribution in [-0.2, 0) is 23.7 Å². The van der Waals surface area contributed by atoms with Crippen molar-refractivity contribution in [1.82, 2.24) is 0 Å². The zero-order chi connectivity index (χ0) is 24.3. The number of aliphatic hydroxyl groups is 7. The number of benzene rings is 1. The molecule has 2 saturated heterocycles. The Morgan fingerprint density at radius 1 is 0.848 bits per heavy atom. The van der Waals surface area contributed by atoms with Gasteiger partial charge in [0.05, 0.1) is 19.1 Å². The number of esters is 1. The van der Waals surface area contributed by atoms with Gasteiger partial charge in [-0.05, 0) is 12.5 Å². The lowest BCUT2D eigenvalue weighted by Gasteiger charge is -2.42. The maximum atomic E-state index is 12.5. The van der Waals surface area contributed by atoms with Gasteiger partial charge in [-0.1, -0.05) is 30.3 Å². The van der Waals surface area contributed by atoms with Crippen molar-refractivity contribution >= 4 is 5.97 Å². The highest BCUT2D eigenvalue weighted by atomic mass is 16.7. The third kappa shape index (κ3) is 5.69. The molecule has 0 spiro atoms. The average Bonchev–Trinajstić information content (AvgIpc) is 2.83. The van der Waals surface area contributed by atoms with E-state index in [1.54, 1.807) is 37.3 Å². The monoisotopic (exact) mass is 474 g/mol. The molecule has 3 rings (SSSR count). The van der Waals surface area contributed by atoms with E-state index in [2.05, 4.69) is 0 Å². The van der Waals surface area contributed by atoms with E-state index in [9.17, 15) is 40.5 Å². The van der Waals surface area contributed by atoms with Gasteiger partial charge in [-0.2, -0.15) is 0 Å². The normalized spacial score (nSPS) is 40.2. The molecule has 0 saturated carbocycles. The van der Waals surface area contributed by atoms with Crippen LogP contribution in [-0.4, -0.2) is 116 Å². The van der Waals surface area contributed by atoms with Gasteiger partial charge in [-0.3, -0.25) is 4.79 Å². The van der Waals surface area contributed by atoms with E-state index in [1.165, 1.54) is 0 Å². The van der Waals surface area contributed by atoms with Gasteiger partial charge in [0.1, 0.15) is 48.8 Å². The molecule has 0 unspecified atom stereocenters. The van der Waals surface area contributed by atoms with Crippen LogP contribution in [0.2, 0.25) is 0 Å². The summed E-state index contributed by atoms with van der Waals surface area (Å²) in [6.07, 6.45) is -15.7. The maximum Gasteiger partial charge on any atom is 0.315 e. The average molecular weight is 474 g/mol. The van der Waals surface area contributed by atoms with Crippen LogP contribution in [0.3, 0.4) is 0 Å². The predicted octanol–water partition coefficient (Wildman–Crippen LogP) is -3.04. The Bertz CT molecular complexity index is 761. The van der Waals surface area contributed by atoms with E-state index in [0.29, 0.717) is 5.56 Å². The Labute approximate surface area is 189 Å². The van der Waals surface area contributed by atoms with E-state index >= 15 is 0 Å². The minimum atomic E-state index is -1.74. The van der Waals surface area contributed by atoms with Crippen molar-refractivity contribution in [3.63, 3.8) is 0 Å². The Balaban J connectivity index is 1.62. The molecule has 2 fully saturated rings. The van der Waals surface area contributed by atoms with E-state index < -0.39 is 86.5 Å². The second-order valence-corrected chi connectivity index (χ2v) is 8.11. The second kappa shape index (κ2) is 11.1. The fraction of sp³-hybridized carbons (Fsp3) is 0.667. The summed E-state index contributed by atoms with van der Waals surface area (Å²) in [6, 6.07) is 8.72. The van der Waals surface area contributed by atoms with Crippen molar-refractivity contribution in [3.05, 3.63) is 35.9 Å². The topological polar surface area (TPSA) is 196 Å². The zero-order valence-electron chi connectivity index (χ0n) is 17.8. The lowest BCUT2D eigenvalue weighted by atomic mass is 9.98. The maximum absolute atomic E-state index is 12.5. The minimum absolute atomic E-state index is 0.518. The van der Waals surface area contributed by atoms with Crippen LogP contribution in [0.25, 0.3) is 0 Å². The third-order valence-electron chi connectivity index (χ3n) is 5.83. The number of hydrogen-bond donors (Lipinski definition) is 7. The zero-order valence-corrected chi connectivity index (χ0v) is 17.8. The SMILES string of the molecule is C[C@H](C(=O)O[C@@H]1O[C@H](CO[C@@H]2O[C@H](CO)[C@@H](O)[C@H](O)[C@H]2O)[C@@H](O)[C@H](O)[C@H]1O)c1ccccc1. The fourth-order valence-corrected chi connectivity index (χ4v) is 3.64. The molecule has 0 aromatic heterocycles. The minimum Gasteiger partial charge on any atom is -0.432 e. The largest absolute Gasteiger partial charge is 0.432 e. The van der Waals surface area contributed by atoms with Crippen molar-refractivity contribution in [3.8, 4) is 0 Å². The number of ether oxygens (including phenoxy) is 4.